The number of rotatable bonds is 2. The Morgan fingerprint density at radius 3 is 2.56 bits per heavy atom. The molecule has 2 nitrogen and oxygen atoms in total. The first-order valence-electron chi connectivity index (χ1n) is 5.50. The van der Waals surface area contributed by atoms with Crippen molar-refractivity contribution in [1.82, 2.24) is 0 Å². The SMILES string of the molecule is Cc1cccc2cc(C(C)C)c(N=O)cc12. The predicted octanol–water partition coefficient (Wildman–Crippen LogP) is 4.67. The van der Waals surface area contributed by atoms with Crippen LogP contribution >= 0.6 is 0 Å². The average molecular weight is 213 g/mol. The minimum Gasteiger partial charge on any atom is -0.145 e. The van der Waals surface area contributed by atoms with Crippen molar-refractivity contribution in [3.63, 3.8) is 0 Å². The fraction of sp³-hybridized carbons (Fsp3) is 0.286. The van der Waals surface area contributed by atoms with Crippen LogP contribution in [0.5, 0.6) is 0 Å². The molecule has 2 heteroatoms. The van der Waals surface area contributed by atoms with E-state index in [9.17, 15) is 4.91 Å². The molecule has 0 aliphatic rings. The van der Waals surface area contributed by atoms with E-state index in [0.29, 0.717) is 11.6 Å². The van der Waals surface area contributed by atoms with Crippen molar-refractivity contribution in [3.05, 3.63) is 46.4 Å². The summed E-state index contributed by atoms with van der Waals surface area (Å²) in [5.74, 6) is 0.317. The van der Waals surface area contributed by atoms with Crippen LogP contribution in [0, 0.1) is 11.8 Å². The normalized spacial score (nSPS) is 11.0. The molecule has 2 aromatic carbocycles. The zero-order valence-corrected chi connectivity index (χ0v) is 9.82. The minimum absolute atomic E-state index is 0.317. The van der Waals surface area contributed by atoms with Gasteiger partial charge in [-0.3, -0.25) is 0 Å². The molecule has 16 heavy (non-hydrogen) atoms. The van der Waals surface area contributed by atoms with Crippen molar-refractivity contribution in [3.8, 4) is 0 Å². The van der Waals surface area contributed by atoms with Crippen LogP contribution in [0.4, 0.5) is 5.69 Å². The quantitative estimate of drug-likeness (QED) is 0.666. The van der Waals surface area contributed by atoms with E-state index in [4.69, 9.17) is 0 Å². The smallest absolute Gasteiger partial charge is 0.112 e. The number of fused-ring (bicyclic) bond motifs is 1. The molecular formula is C14H15NO. The van der Waals surface area contributed by atoms with Gasteiger partial charge in [-0.15, -0.1) is 4.91 Å². The van der Waals surface area contributed by atoms with Gasteiger partial charge >= 0.3 is 0 Å². The average Bonchev–Trinajstić information content (AvgIpc) is 2.28. The third-order valence-electron chi connectivity index (χ3n) is 2.97. The van der Waals surface area contributed by atoms with Crippen LogP contribution in [0.25, 0.3) is 10.8 Å². The van der Waals surface area contributed by atoms with Crippen molar-refractivity contribution in [1.29, 1.82) is 0 Å². The number of hydrogen-bond donors (Lipinski definition) is 0. The first kappa shape index (κ1) is 10.8. The number of aryl methyl sites for hydroxylation is 1. The molecule has 0 heterocycles. The van der Waals surface area contributed by atoms with E-state index in [1.807, 2.05) is 25.1 Å². The summed E-state index contributed by atoms with van der Waals surface area (Å²) in [6.45, 7) is 6.20. The third kappa shape index (κ3) is 1.71. The number of nitrogens with zero attached hydrogens (tertiary/aromatic N) is 1. The first-order valence-corrected chi connectivity index (χ1v) is 5.50. The van der Waals surface area contributed by atoms with E-state index < -0.39 is 0 Å². The Morgan fingerprint density at radius 2 is 1.94 bits per heavy atom. The molecule has 0 radical (unpaired) electrons. The van der Waals surface area contributed by atoms with Crippen LogP contribution in [-0.2, 0) is 0 Å². The molecule has 0 unspecified atom stereocenters. The van der Waals surface area contributed by atoms with Crippen LogP contribution in [0.1, 0.15) is 30.9 Å². The van der Waals surface area contributed by atoms with E-state index in [-0.39, 0.29) is 0 Å². The molecule has 0 aliphatic heterocycles. The van der Waals surface area contributed by atoms with E-state index in [1.165, 1.54) is 10.9 Å². The van der Waals surface area contributed by atoms with Gasteiger partial charge in [0.1, 0.15) is 5.69 Å². The molecule has 0 amide bonds. The van der Waals surface area contributed by atoms with Gasteiger partial charge in [0.05, 0.1) is 0 Å². The molecule has 2 rings (SSSR count). The van der Waals surface area contributed by atoms with Crippen LogP contribution < -0.4 is 0 Å². The third-order valence-corrected chi connectivity index (χ3v) is 2.97. The maximum atomic E-state index is 10.8. The molecule has 0 N–H and O–H groups in total. The summed E-state index contributed by atoms with van der Waals surface area (Å²) in [4.78, 5) is 10.8. The Labute approximate surface area is 95.3 Å². The maximum absolute atomic E-state index is 10.8. The molecule has 0 bridgehead atoms. The van der Waals surface area contributed by atoms with Crippen molar-refractivity contribution in [2.45, 2.75) is 26.7 Å². The van der Waals surface area contributed by atoms with Crippen LogP contribution in [0.15, 0.2) is 35.5 Å². The van der Waals surface area contributed by atoms with Crippen molar-refractivity contribution in [2.24, 2.45) is 5.18 Å². The Balaban J connectivity index is 2.80. The molecule has 0 spiro atoms. The van der Waals surface area contributed by atoms with Gasteiger partial charge in [0.2, 0.25) is 0 Å². The van der Waals surface area contributed by atoms with Gasteiger partial charge in [0.25, 0.3) is 0 Å². The van der Waals surface area contributed by atoms with Gasteiger partial charge in [0, 0.05) is 0 Å². The van der Waals surface area contributed by atoms with E-state index in [0.717, 1.165) is 10.9 Å². The van der Waals surface area contributed by atoms with Crippen molar-refractivity contribution < 1.29 is 0 Å². The van der Waals surface area contributed by atoms with Gasteiger partial charge in [-0.2, -0.15) is 0 Å². The summed E-state index contributed by atoms with van der Waals surface area (Å²) in [5, 5.41) is 5.42. The van der Waals surface area contributed by atoms with E-state index in [2.05, 4.69) is 31.2 Å². The maximum Gasteiger partial charge on any atom is 0.112 e. The second-order valence-electron chi connectivity index (χ2n) is 4.45. The summed E-state index contributed by atoms with van der Waals surface area (Å²) in [6.07, 6.45) is 0. The first-order chi connectivity index (χ1) is 7.63. The lowest BCUT2D eigenvalue weighted by molar-refractivity contribution is 0.868. The highest BCUT2D eigenvalue weighted by molar-refractivity contribution is 5.89. The van der Waals surface area contributed by atoms with Gasteiger partial charge in [-0.1, -0.05) is 32.0 Å². The highest BCUT2D eigenvalue weighted by Crippen LogP contribution is 2.32. The fourth-order valence-corrected chi connectivity index (χ4v) is 2.03. The number of hydrogen-bond acceptors (Lipinski definition) is 2. The fourth-order valence-electron chi connectivity index (χ4n) is 2.03. The molecule has 0 saturated carbocycles. The predicted molar refractivity (Wildman–Crippen MR) is 68.2 cm³/mol. The lowest BCUT2D eigenvalue weighted by atomic mass is 9.95. The molecule has 82 valence electrons. The molecule has 0 atom stereocenters. The number of nitroso groups, excluding NO2 is 1. The highest BCUT2D eigenvalue weighted by atomic mass is 16.3. The molecule has 0 aliphatic carbocycles. The molecule has 0 aromatic heterocycles. The van der Waals surface area contributed by atoms with Crippen LogP contribution in [0.3, 0.4) is 0 Å². The van der Waals surface area contributed by atoms with Crippen LogP contribution in [0.2, 0.25) is 0 Å². The standard InChI is InChI=1S/C14H15NO/c1-9(2)12-7-11-6-4-5-10(3)13(11)8-14(12)15-16/h4-9H,1-3H3. The summed E-state index contributed by atoms with van der Waals surface area (Å²) in [6, 6.07) is 10.1. The lowest BCUT2D eigenvalue weighted by Gasteiger charge is -2.10. The monoisotopic (exact) mass is 213 g/mol. The number of benzene rings is 2. The summed E-state index contributed by atoms with van der Waals surface area (Å²) >= 11 is 0. The second kappa shape index (κ2) is 4.05. The Hall–Kier alpha value is -1.70. The van der Waals surface area contributed by atoms with Gasteiger partial charge in [-0.25, -0.2) is 0 Å². The van der Waals surface area contributed by atoms with E-state index in [1.54, 1.807) is 0 Å². The van der Waals surface area contributed by atoms with Gasteiger partial charge in [0.15, 0.2) is 0 Å². The lowest BCUT2D eigenvalue weighted by Crippen LogP contribution is -1.89. The largest absolute Gasteiger partial charge is 0.145 e. The Bertz CT molecular complexity index is 544. The van der Waals surface area contributed by atoms with Crippen molar-refractivity contribution in [2.75, 3.05) is 0 Å². The van der Waals surface area contributed by atoms with Gasteiger partial charge < -0.3 is 0 Å². The Kier molecular flexibility index (Phi) is 2.73. The zero-order valence-electron chi connectivity index (χ0n) is 9.82. The summed E-state index contributed by atoms with van der Waals surface area (Å²) in [5.41, 5.74) is 2.77. The van der Waals surface area contributed by atoms with Crippen LogP contribution in [-0.4, -0.2) is 0 Å². The summed E-state index contributed by atoms with van der Waals surface area (Å²) in [7, 11) is 0. The Morgan fingerprint density at radius 1 is 1.19 bits per heavy atom. The van der Waals surface area contributed by atoms with E-state index >= 15 is 0 Å². The summed E-state index contributed by atoms with van der Waals surface area (Å²) < 4.78 is 0. The van der Waals surface area contributed by atoms with Gasteiger partial charge in [-0.05, 0) is 52.1 Å². The molecular weight excluding hydrogens is 198 g/mol. The highest BCUT2D eigenvalue weighted by Gasteiger charge is 2.09. The second-order valence-corrected chi connectivity index (χ2v) is 4.45. The molecule has 0 saturated heterocycles. The molecule has 0 fully saturated rings. The van der Waals surface area contributed by atoms with Crippen molar-refractivity contribution >= 4 is 16.5 Å². The minimum atomic E-state index is 0.317. The zero-order chi connectivity index (χ0) is 11.7. The molecule has 2 aromatic rings. The topological polar surface area (TPSA) is 29.4 Å².